The summed E-state index contributed by atoms with van der Waals surface area (Å²) in [5, 5.41) is 28.4. The first-order chi connectivity index (χ1) is 11.0. The highest BCUT2D eigenvalue weighted by molar-refractivity contribution is 5.77. The Hall–Kier alpha value is -2.01. The molecule has 10 heteroatoms. The molecule has 1 aliphatic rings. The second kappa shape index (κ2) is 6.24. The number of nitrogens with zero attached hydrogens (tertiary/aromatic N) is 4. The summed E-state index contributed by atoms with van der Waals surface area (Å²) in [6.07, 6.45) is -0.821. The van der Waals surface area contributed by atoms with Crippen LogP contribution in [-0.4, -0.2) is 66.4 Å². The number of fused-ring (bicyclic) bond motifs is 1. The van der Waals surface area contributed by atoms with Gasteiger partial charge in [-0.25, -0.2) is 4.98 Å². The number of nitrogens with two attached hydrogens (primary N) is 1. The quantitative estimate of drug-likeness (QED) is 0.532. The Kier molecular flexibility index (Phi) is 4.31. The van der Waals surface area contributed by atoms with E-state index in [1.165, 1.54) is 6.33 Å². The van der Waals surface area contributed by atoms with Crippen molar-refractivity contribution >= 4 is 17.1 Å². The van der Waals surface area contributed by atoms with Crippen molar-refractivity contribution in [2.45, 2.75) is 37.9 Å². The Labute approximate surface area is 131 Å². The Morgan fingerprint density at radius 1 is 1.52 bits per heavy atom. The molecule has 3 heterocycles. The summed E-state index contributed by atoms with van der Waals surface area (Å²) in [5.41, 5.74) is 6.48. The lowest BCUT2D eigenvalue weighted by Gasteiger charge is -2.14. The molecule has 0 saturated carbocycles. The number of anilines is 1. The SMILES string of the molecule is CC(O)COc1nc(N)nc2c1ncn2[C@H]1C[C@@H](O)[C@@H](CO)O1. The van der Waals surface area contributed by atoms with Crippen LogP contribution in [0.1, 0.15) is 19.6 Å². The van der Waals surface area contributed by atoms with Gasteiger partial charge in [0.1, 0.15) is 18.9 Å². The van der Waals surface area contributed by atoms with Crippen LogP contribution in [0.3, 0.4) is 0 Å². The van der Waals surface area contributed by atoms with E-state index in [-0.39, 0.29) is 25.0 Å². The molecule has 10 nitrogen and oxygen atoms in total. The van der Waals surface area contributed by atoms with E-state index in [0.717, 1.165) is 0 Å². The number of aliphatic hydroxyl groups excluding tert-OH is 3. The van der Waals surface area contributed by atoms with Gasteiger partial charge in [0.05, 0.1) is 25.1 Å². The number of aromatic nitrogens is 4. The van der Waals surface area contributed by atoms with Crippen LogP contribution in [0.25, 0.3) is 11.2 Å². The molecule has 0 bridgehead atoms. The summed E-state index contributed by atoms with van der Waals surface area (Å²) in [5.74, 6) is 0.168. The predicted octanol–water partition coefficient (Wildman–Crippen LogP) is -1.19. The normalized spacial score (nSPS) is 25.8. The van der Waals surface area contributed by atoms with Gasteiger partial charge >= 0.3 is 0 Å². The average Bonchev–Trinajstić information content (AvgIpc) is 3.07. The van der Waals surface area contributed by atoms with Gasteiger partial charge in [0.2, 0.25) is 11.8 Å². The monoisotopic (exact) mass is 325 g/mol. The van der Waals surface area contributed by atoms with Crippen LogP contribution in [0.5, 0.6) is 5.88 Å². The fourth-order valence-corrected chi connectivity index (χ4v) is 2.47. The topological polar surface area (TPSA) is 149 Å². The number of imidazole rings is 1. The predicted molar refractivity (Wildman–Crippen MR) is 78.5 cm³/mol. The van der Waals surface area contributed by atoms with Gasteiger partial charge in [0.25, 0.3) is 0 Å². The first kappa shape index (κ1) is 15.9. The van der Waals surface area contributed by atoms with Gasteiger partial charge in [-0.1, -0.05) is 0 Å². The third-order valence-electron chi connectivity index (χ3n) is 3.56. The maximum atomic E-state index is 9.86. The van der Waals surface area contributed by atoms with Crippen molar-refractivity contribution in [1.29, 1.82) is 0 Å². The minimum Gasteiger partial charge on any atom is -0.473 e. The first-order valence-corrected chi connectivity index (χ1v) is 7.25. The Morgan fingerprint density at radius 3 is 2.96 bits per heavy atom. The third-order valence-corrected chi connectivity index (χ3v) is 3.56. The van der Waals surface area contributed by atoms with Crippen molar-refractivity contribution < 1.29 is 24.8 Å². The molecule has 0 radical (unpaired) electrons. The first-order valence-electron chi connectivity index (χ1n) is 7.25. The van der Waals surface area contributed by atoms with Crippen molar-refractivity contribution in [3.63, 3.8) is 0 Å². The number of aliphatic hydroxyl groups is 3. The molecular weight excluding hydrogens is 306 g/mol. The fraction of sp³-hybridized carbons (Fsp3) is 0.615. The highest BCUT2D eigenvalue weighted by atomic mass is 16.5. The molecule has 5 N–H and O–H groups in total. The zero-order chi connectivity index (χ0) is 16.6. The van der Waals surface area contributed by atoms with Gasteiger partial charge in [-0.05, 0) is 6.92 Å². The second-order valence-corrected chi connectivity index (χ2v) is 5.49. The molecule has 0 spiro atoms. The lowest BCUT2D eigenvalue weighted by Crippen LogP contribution is -2.24. The van der Waals surface area contributed by atoms with Gasteiger partial charge in [0.15, 0.2) is 11.2 Å². The zero-order valence-corrected chi connectivity index (χ0v) is 12.5. The molecule has 2 aromatic rings. The Morgan fingerprint density at radius 2 is 2.30 bits per heavy atom. The van der Waals surface area contributed by atoms with Crippen LogP contribution >= 0.6 is 0 Å². The van der Waals surface area contributed by atoms with E-state index < -0.39 is 24.5 Å². The molecular formula is C13H19N5O5. The molecule has 1 fully saturated rings. The van der Waals surface area contributed by atoms with Crippen LogP contribution in [0.15, 0.2) is 6.33 Å². The summed E-state index contributed by atoms with van der Waals surface area (Å²) >= 11 is 0. The van der Waals surface area contributed by atoms with Gasteiger partial charge in [-0.15, -0.1) is 0 Å². The largest absolute Gasteiger partial charge is 0.473 e. The molecule has 3 rings (SSSR count). The van der Waals surface area contributed by atoms with E-state index in [0.29, 0.717) is 17.6 Å². The summed E-state index contributed by atoms with van der Waals surface area (Å²) < 4.78 is 12.6. The smallest absolute Gasteiger partial charge is 0.247 e. The molecule has 0 aliphatic carbocycles. The summed E-state index contributed by atoms with van der Waals surface area (Å²) in [7, 11) is 0. The fourth-order valence-electron chi connectivity index (χ4n) is 2.47. The van der Waals surface area contributed by atoms with E-state index in [9.17, 15) is 15.3 Å². The molecule has 126 valence electrons. The van der Waals surface area contributed by atoms with E-state index in [2.05, 4.69) is 15.0 Å². The lowest BCUT2D eigenvalue weighted by atomic mass is 10.2. The second-order valence-electron chi connectivity index (χ2n) is 5.49. The molecule has 0 amide bonds. The Balaban J connectivity index is 1.94. The molecule has 23 heavy (non-hydrogen) atoms. The minimum absolute atomic E-state index is 0.00269. The highest BCUT2D eigenvalue weighted by Gasteiger charge is 2.35. The van der Waals surface area contributed by atoms with Crippen molar-refractivity contribution in [2.75, 3.05) is 18.9 Å². The summed E-state index contributed by atoms with van der Waals surface area (Å²) in [4.78, 5) is 12.3. The molecule has 0 aromatic carbocycles. The minimum atomic E-state index is -0.771. The van der Waals surface area contributed by atoms with E-state index in [1.807, 2.05) is 0 Å². The van der Waals surface area contributed by atoms with E-state index >= 15 is 0 Å². The number of hydrogen-bond acceptors (Lipinski definition) is 9. The van der Waals surface area contributed by atoms with E-state index in [1.54, 1.807) is 11.5 Å². The van der Waals surface area contributed by atoms with Crippen molar-refractivity contribution in [3.8, 4) is 5.88 Å². The number of nitrogen functional groups attached to an aromatic ring is 1. The molecule has 1 unspecified atom stereocenters. The number of ether oxygens (including phenoxy) is 2. The van der Waals surface area contributed by atoms with Gasteiger partial charge < -0.3 is 30.5 Å². The maximum absolute atomic E-state index is 9.86. The number of hydrogen-bond donors (Lipinski definition) is 4. The standard InChI is InChI=1S/C13H19N5O5/c1-6(20)4-22-12-10-11(16-13(14)17-12)18(5-15-10)9-2-7(21)8(3-19)23-9/h5-9,19-21H,2-4H2,1H3,(H2,14,16,17)/t6?,7-,8-,9-/m1/s1. The highest BCUT2D eigenvalue weighted by Crippen LogP contribution is 2.32. The van der Waals surface area contributed by atoms with Crippen LogP contribution < -0.4 is 10.5 Å². The van der Waals surface area contributed by atoms with Gasteiger partial charge in [-0.3, -0.25) is 4.57 Å². The van der Waals surface area contributed by atoms with Crippen LogP contribution in [0, 0.1) is 0 Å². The van der Waals surface area contributed by atoms with Gasteiger partial charge in [-0.2, -0.15) is 9.97 Å². The van der Waals surface area contributed by atoms with Crippen molar-refractivity contribution in [1.82, 2.24) is 19.5 Å². The lowest BCUT2D eigenvalue weighted by molar-refractivity contribution is -0.0432. The molecule has 1 saturated heterocycles. The van der Waals surface area contributed by atoms with Crippen LogP contribution in [-0.2, 0) is 4.74 Å². The molecule has 4 atom stereocenters. The maximum Gasteiger partial charge on any atom is 0.247 e. The van der Waals surface area contributed by atoms with Crippen molar-refractivity contribution in [2.24, 2.45) is 0 Å². The molecule has 2 aromatic heterocycles. The zero-order valence-electron chi connectivity index (χ0n) is 12.5. The number of rotatable bonds is 5. The third kappa shape index (κ3) is 3.06. The Bertz CT molecular complexity index is 691. The summed E-state index contributed by atoms with van der Waals surface area (Å²) in [6.45, 7) is 1.36. The van der Waals surface area contributed by atoms with Crippen molar-refractivity contribution in [3.05, 3.63) is 6.33 Å². The average molecular weight is 325 g/mol. The van der Waals surface area contributed by atoms with Crippen LogP contribution in [0.4, 0.5) is 5.95 Å². The van der Waals surface area contributed by atoms with E-state index in [4.69, 9.17) is 15.2 Å². The van der Waals surface area contributed by atoms with Gasteiger partial charge in [0, 0.05) is 6.42 Å². The molecule has 1 aliphatic heterocycles. The summed E-state index contributed by atoms with van der Waals surface area (Å²) in [6, 6.07) is 0. The van der Waals surface area contributed by atoms with Crippen LogP contribution in [0.2, 0.25) is 0 Å².